The maximum Gasteiger partial charge on any atom is 0.259 e. The van der Waals surface area contributed by atoms with Gasteiger partial charge in [-0.15, -0.1) is 0 Å². The maximum atomic E-state index is 13.4. The van der Waals surface area contributed by atoms with Crippen LogP contribution in [0.2, 0.25) is 5.15 Å². The molecule has 1 aromatic heterocycles. The van der Waals surface area contributed by atoms with E-state index in [4.69, 9.17) is 11.6 Å². The van der Waals surface area contributed by atoms with Crippen LogP contribution in [0.25, 0.3) is 0 Å². The summed E-state index contributed by atoms with van der Waals surface area (Å²) in [6, 6.07) is 4.47. The van der Waals surface area contributed by atoms with Crippen molar-refractivity contribution in [3.63, 3.8) is 0 Å². The summed E-state index contributed by atoms with van der Waals surface area (Å²) in [7, 11) is 0. The molecule has 0 aliphatic rings. The number of anilines is 1. The molecule has 3 nitrogen and oxygen atoms in total. The van der Waals surface area contributed by atoms with Crippen LogP contribution in [0.15, 0.2) is 30.5 Å². The highest BCUT2D eigenvalue weighted by Crippen LogP contribution is 2.22. The van der Waals surface area contributed by atoms with Crippen LogP contribution in [-0.4, -0.2) is 10.9 Å². The van der Waals surface area contributed by atoms with Gasteiger partial charge in [-0.05, 0) is 40.8 Å². The van der Waals surface area contributed by atoms with Crippen LogP contribution in [0.4, 0.5) is 14.5 Å². The fourth-order valence-electron chi connectivity index (χ4n) is 1.39. The number of nitrogens with one attached hydrogen (secondary N) is 1. The average Bonchev–Trinajstić information content (AvgIpc) is 2.32. The zero-order valence-corrected chi connectivity index (χ0v) is 12.2. The molecule has 0 saturated heterocycles. The van der Waals surface area contributed by atoms with Gasteiger partial charge in [0.2, 0.25) is 0 Å². The predicted octanol–water partition coefficient (Wildman–Crippen LogP) is 3.87. The van der Waals surface area contributed by atoms with Crippen molar-refractivity contribution in [2.24, 2.45) is 0 Å². The summed E-state index contributed by atoms with van der Waals surface area (Å²) in [5, 5.41) is 2.35. The minimum absolute atomic E-state index is 0.0203. The average molecular weight is 395 g/mol. The van der Waals surface area contributed by atoms with E-state index in [1.165, 1.54) is 6.20 Å². The van der Waals surface area contributed by atoms with Crippen molar-refractivity contribution < 1.29 is 13.6 Å². The molecule has 1 N–H and O–H groups in total. The summed E-state index contributed by atoms with van der Waals surface area (Å²) in [6.07, 6.45) is 1.46. The molecular weight excluding hydrogens is 388 g/mol. The fourth-order valence-corrected chi connectivity index (χ4v) is 2.46. The molecule has 19 heavy (non-hydrogen) atoms. The molecule has 0 saturated carbocycles. The SMILES string of the molecule is O=C(Nc1ccc(F)cc1F)c1c(I)ccnc1Cl. The van der Waals surface area contributed by atoms with Crippen LogP contribution in [0.5, 0.6) is 0 Å². The normalized spacial score (nSPS) is 10.3. The summed E-state index contributed by atoms with van der Waals surface area (Å²) < 4.78 is 26.8. The highest BCUT2D eigenvalue weighted by molar-refractivity contribution is 14.1. The summed E-state index contributed by atoms with van der Waals surface area (Å²) in [6.45, 7) is 0. The molecule has 0 atom stereocenters. The van der Waals surface area contributed by atoms with Gasteiger partial charge in [-0.3, -0.25) is 4.79 Å². The van der Waals surface area contributed by atoms with Gasteiger partial charge in [0.05, 0.1) is 11.3 Å². The smallest absolute Gasteiger partial charge is 0.259 e. The predicted molar refractivity (Wildman–Crippen MR) is 76.3 cm³/mol. The van der Waals surface area contributed by atoms with E-state index in [9.17, 15) is 13.6 Å². The monoisotopic (exact) mass is 394 g/mol. The number of hydrogen-bond acceptors (Lipinski definition) is 2. The Morgan fingerprint density at radius 3 is 2.68 bits per heavy atom. The fraction of sp³-hybridized carbons (Fsp3) is 0. The van der Waals surface area contributed by atoms with Crippen molar-refractivity contribution in [3.05, 3.63) is 56.4 Å². The first-order chi connectivity index (χ1) is 8.99. The number of benzene rings is 1. The van der Waals surface area contributed by atoms with E-state index in [-0.39, 0.29) is 16.4 Å². The van der Waals surface area contributed by atoms with Crippen LogP contribution >= 0.6 is 34.2 Å². The number of carbonyl (C=O) groups is 1. The van der Waals surface area contributed by atoms with Crippen LogP contribution in [0.3, 0.4) is 0 Å². The molecule has 0 bridgehead atoms. The number of carbonyl (C=O) groups excluding carboxylic acids is 1. The van der Waals surface area contributed by atoms with Crippen molar-refractivity contribution >= 4 is 45.8 Å². The molecule has 0 unspecified atom stereocenters. The van der Waals surface area contributed by atoms with E-state index in [0.717, 1.165) is 12.1 Å². The van der Waals surface area contributed by atoms with E-state index >= 15 is 0 Å². The molecule has 0 fully saturated rings. The van der Waals surface area contributed by atoms with Gasteiger partial charge in [-0.2, -0.15) is 0 Å². The minimum Gasteiger partial charge on any atom is -0.319 e. The highest BCUT2D eigenvalue weighted by Gasteiger charge is 2.16. The topological polar surface area (TPSA) is 42.0 Å². The summed E-state index contributed by atoms with van der Waals surface area (Å²) >= 11 is 7.74. The molecule has 0 spiro atoms. The zero-order chi connectivity index (χ0) is 14.0. The third-order valence-electron chi connectivity index (χ3n) is 2.26. The van der Waals surface area contributed by atoms with Gasteiger partial charge < -0.3 is 5.32 Å². The molecule has 0 aliphatic heterocycles. The number of amides is 1. The molecular formula is C12H6ClF2IN2O. The molecule has 7 heteroatoms. The molecule has 2 aromatic rings. The van der Waals surface area contributed by atoms with Crippen LogP contribution < -0.4 is 5.32 Å². The number of nitrogens with zero attached hydrogens (tertiary/aromatic N) is 1. The van der Waals surface area contributed by atoms with E-state index < -0.39 is 17.5 Å². The highest BCUT2D eigenvalue weighted by atomic mass is 127. The van der Waals surface area contributed by atoms with Gasteiger partial charge in [0, 0.05) is 15.8 Å². The number of pyridine rings is 1. The van der Waals surface area contributed by atoms with Crippen molar-refractivity contribution in [3.8, 4) is 0 Å². The van der Waals surface area contributed by atoms with E-state index in [2.05, 4.69) is 10.3 Å². The molecule has 1 amide bonds. The van der Waals surface area contributed by atoms with Crippen molar-refractivity contribution in [2.45, 2.75) is 0 Å². The molecule has 2 rings (SSSR count). The molecule has 98 valence electrons. The lowest BCUT2D eigenvalue weighted by atomic mass is 10.2. The van der Waals surface area contributed by atoms with Crippen LogP contribution in [0, 0.1) is 15.2 Å². The van der Waals surface area contributed by atoms with Crippen molar-refractivity contribution in [1.29, 1.82) is 0 Å². The number of hydrogen-bond donors (Lipinski definition) is 1. The van der Waals surface area contributed by atoms with Crippen molar-refractivity contribution in [2.75, 3.05) is 5.32 Å². The van der Waals surface area contributed by atoms with Gasteiger partial charge in [0.1, 0.15) is 16.8 Å². The largest absolute Gasteiger partial charge is 0.319 e. The standard InChI is InChI=1S/C12H6ClF2IN2O/c13-11-10(8(16)3-4-17-11)12(19)18-9-2-1-6(14)5-7(9)15/h1-5H,(H,18,19). The third kappa shape index (κ3) is 3.19. The van der Waals surface area contributed by atoms with Crippen molar-refractivity contribution in [1.82, 2.24) is 4.98 Å². The first-order valence-electron chi connectivity index (χ1n) is 5.05. The maximum absolute atomic E-state index is 13.4. The Morgan fingerprint density at radius 2 is 2.05 bits per heavy atom. The Labute approximate surface area is 126 Å². The number of halogens is 4. The number of rotatable bonds is 2. The van der Waals surface area contributed by atoms with E-state index in [1.807, 2.05) is 22.6 Å². The second-order valence-corrected chi connectivity index (χ2v) is 5.06. The summed E-state index contributed by atoms with van der Waals surface area (Å²) in [4.78, 5) is 15.8. The summed E-state index contributed by atoms with van der Waals surface area (Å²) in [5.41, 5.74) is 0.0237. The second-order valence-electron chi connectivity index (χ2n) is 3.54. The molecule has 0 aliphatic carbocycles. The van der Waals surface area contributed by atoms with Gasteiger partial charge in [0.25, 0.3) is 5.91 Å². The van der Waals surface area contributed by atoms with Gasteiger partial charge in [-0.25, -0.2) is 13.8 Å². The third-order valence-corrected chi connectivity index (χ3v) is 3.45. The lowest BCUT2D eigenvalue weighted by Crippen LogP contribution is -2.15. The molecule has 1 heterocycles. The van der Waals surface area contributed by atoms with Gasteiger partial charge in [0.15, 0.2) is 0 Å². The molecule has 0 radical (unpaired) electrons. The first kappa shape index (κ1) is 14.1. The first-order valence-corrected chi connectivity index (χ1v) is 6.51. The molecule has 1 aromatic carbocycles. The van der Waals surface area contributed by atoms with E-state index in [1.54, 1.807) is 6.07 Å². The Hall–Kier alpha value is -1.28. The van der Waals surface area contributed by atoms with Crippen LogP contribution in [-0.2, 0) is 0 Å². The zero-order valence-electron chi connectivity index (χ0n) is 9.25. The Balaban J connectivity index is 2.31. The Bertz CT molecular complexity index is 631. The summed E-state index contributed by atoms with van der Waals surface area (Å²) in [5.74, 6) is -2.18. The van der Waals surface area contributed by atoms with Gasteiger partial charge >= 0.3 is 0 Å². The Morgan fingerprint density at radius 1 is 1.32 bits per heavy atom. The van der Waals surface area contributed by atoms with E-state index in [0.29, 0.717) is 9.64 Å². The lowest BCUT2D eigenvalue weighted by Gasteiger charge is -2.08. The number of aromatic nitrogens is 1. The van der Waals surface area contributed by atoms with Crippen LogP contribution in [0.1, 0.15) is 10.4 Å². The quantitative estimate of drug-likeness (QED) is 0.621. The Kier molecular flexibility index (Phi) is 4.31. The lowest BCUT2D eigenvalue weighted by molar-refractivity contribution is 0.102. The second kappa shape index (κ2) is 5.79. The minimum atomic E-state index is -0.858. The van der Waals surface area contributed by atoms with Gasteiger partial charge in [-0.1, -0.05) is 11.6 Å².